The van der Waals surface area contributed by atoms with Gasteiger partial charge in [0, 0.05) is 0 Å². The van der Waals surface area contributed by atoms with Crippen molar-refractivity contribution in [1.82, 2.24) is 5.32 Å². The minimum Gasteiger partial charge on any atom is -0.330 e. The van der Waals surface area contributed by atoms with Crippen molar-refractivity contribution in [3.8, 4) is 6.07 Å². The van der Waals surface area contributed by atoms with Crippen molar-refractivity contribution in [1.29, 1.82) is 5.26 Å². The summed E-state index contributed by atoms with van der Waals surface area (Å²) in [6.07, 6.45) is -2.02. The van der Waals surface area contributed by atoms with Gasteiger partial charge in [0.05, 0.1) is 6.07 Å². The van der Waals surface area contributed by atoms with Gasteiger partial charge >= 0.3 is 12.1 Å². The summed E-state index contributed by atoms with van der Waals surface area (Å²) >= 11 is 0. The van der Waals surface area contributed by atoms with Crippen molar-refractivity contribution in [2.24, 2.45) is 5.92 Å². The second-order valence-corrected chi connectivity index (χ2v) is 4.50. The van der Waals surface area contributed by atoms with E-state index in [0.717, 1.165) is 6.42 Å². The lowest BCUT2D eigenvalue weighted by Gasteiger charge is -2.35. The molecule has 0 atom stereocenters. The summed E-state index contributed by atoms with van der Waals surface area (Å²) in [6.45, 7) is 2.01. The Kier molecular flexibility index (Phi) is 4.02. The van der Waals surface area contributed by atoms with Crippen LogP contribution in [-0.2, 0) is 4.79 Å². The topological polar surface area (TPSA) is 52.9 Å². The highest BCUT2D eigenvalue weighted by atomic mass is 19.4. The van der Waals surface area contributed by atoms with Crippen molar-refractivity contribution in [2.75, 3.05) is 0 Å². The van der Waals surface area contributed by atoms with Gasteiger partial charge in [-0.25, -0.2) is 0 Å². The van der Waals surface area contributed by atoms with Gasteiger partial charge in [-0.2, -0.15) is 18.4 Å². The molecule has 1 saturated carbocycles. The van der Waals surface area contributed by atoms with Gasteiger partial charge in [-0.15, -0.1) is 0 Å². The summed E-state index contributed by atoms with van der Waals surface area (Å²) < 4.78 is 36.4. The molecule has 0 bridgehead atoms. The van der Waals surface area contributed by atoms with E-state index in [4.69, 9.17) is 5.26 Å². The van der Waals surface area contributed by atoms with E-state index in [1.807, 2.05) is 18.3 Å². The SMILES string of the molecule is CCC1CCC(C#N)(NC(=O)C(F)(F)F)CC1. The highest BCUT2D eigenvalue weighted by Gasteiger charge is 2.45. The third-order valence-corrected chi connectivity index (χ3v) is 3.36. The lowest BCUT2D eigenvalue weighted by molar-refractivity contribution is -0.175. The monoisotopic (exact) mass is 248 g/mol. The molecule has 1 amide bonds. The first kappa shape index (κ1) is 13.8. The van der Waals surface area contributed by atoms with E-state index in [-0.39, 0.29) is 0 Å². The zero-order valence-corrected chi connectivity index (χ0v) is 9.60. The molecule has 1 fully saturated rings. The van der Waals surface area contributed by atoms with Crippen LogP contribution in [0.1, 0.15) is 39.0 Å². The average Bonchev–Trinajstić information content (AvgIpc) is 2.28. The minimum absolute atomic E-state index is 0.295. The van der Waals surface area contributed by atoms with Gasteiger partial charge in [-0.3, -0.25) is 4.79 Å². The van der Waals surface area contributed by atoms with Crippen LogP contribution >= 0.6 is 0 Å². The molecule has 0 spiro atoms. The maximum atomic E-state index is 12.1. The molecule has 0 heterocycles. The van der Waals surface area contributed by atoms with Gasteiger partial charge in [0.2, 0.25) is 0 Å². The molecule has 1 aliphatic carbocycles. The molecule has 0 aromatic heterocycles. The van der Waals surface area contributed by atoms with E-state index < -0.39 is 17.6 Å². The summed E-state index contributed by atoms with van der Waals surface area (Å²) in [4.78, 5) is 10.9. The molecule has 1 rings (SSSR count). The summed E-state index contributed by atoms with van der Waals surface area (Å²) in [6, 6.07) is 1.83. The predicted molar refractivity (Wildman–Crippen MR) is 54.8 cm³/mol. The van der Waals surface area contributed by atoms with Crippen LogP contribution in [0.2, 0.25) is 0 Å². The summed E-state index contributed by atoms with van der Waals surface area (Å²) in [5, 5.41) is 10.8. The Hall–Kier alpha value is -1.25. The number of amides is 1. The minimum atomic E-state index is -4.93. The summed E-state index contributed by atoms with van der Waals surface area (Å²) in [7, 11) is 0. The molecule has 6 heteroatoms. The normalized spacial score (nSPS) is 29.5. The Morgan fingerprint density at radius 2 is 2.00 bits per heavy atom. The largest absolute Gasteiger partial charge is 0.471 e. The Morgan fingerprint density at radius 3 is 2.35 bits per heavy atom. The maximum Gasteiger partial charge on any atom is 0.471 e. The number of hydrogen-bond acceptors (Lipinski definition) is 2. The van der Waals surface area contributed by atoms with Crippen LogP contribution in [-0.4, -0.2) is 17.6 Å². The van der Waals surface area contributed by atoms with Crippen LogP contribution in [0.3, 0.4) is 0 Å². The van der Waals surface area contributed by atoms with E-state index in [2.05, 4.69) is 0 Å². The number of halogens is 3. The number of carbonyl (C=O) groups is 1. The van der Waals surface area contributed by atoms with E-state index >= 15 is 0 Å². The summed E-state index contributed by atoms with van der Waals surface area (Å²) in [5.41, 5.74) is -1.34. The number of nitriles is 1. The Balaban J connectivity index is 2.67. The lowest BCUT2D eigenvalue weighted by atomic mass is 9.76. The molecule has 0 aliphatic heterocycles. The van der Waals surface area contributed by atoms with E-state index in [0.29, 0.717) is 31.6 Å². The molecule has 0 unspecified atom stereocenters. The highest BCUT2D eigenvalue weighted by Crippen LogP contribution is 2.34. The number of rotatable bonds is 2. The third kappa shape index (κ3) is 3.35. The highest BCUT2D eigenvalue weighted by molar-refractivity contribution is 5.82. The van der Waals surface area contributed by atoms with Crippen LogP contribution in [0.25, 0.3) is 0 Å². The van der Waals surface area contributed by atoms with Gasteiger partial charge < -0.3 is 5.32 Å². The molecule has 0 radical (unpaired) electrons. The van der Waals surface area contributed by atoms with Gasteiger partial charge in [0.25, 0.3) is 0 Å². The van der Waals surface area contributed by atoms with E-state index in [9.17, 15) is 18.0 Å². The smallest absolute Gasteiger partial charge is 0.330 e. The molecule has 0 saturated heterocycles. The average molecular weight is 248 g/mol. The molecule has 1 aliphatic rings. The number of nitrogens with one attached hydrogen (secondary N) is 1. The van der Waals surface area contributed by atoms with Gasteiger partial charge in [0.15, 0.2) is 0 Å². The second-order valence-electron chi connectivity index (χ2n) is 4.50. The van der Waals surface area contributed by atoms with Crippen LogP contribution < -0.4 is 5.32 Å². The third-order valence-electron chi connectivity index (χ3n) is 3.36. The molecular formula is C11H15F3N2O. The quantitative estimate of drug-likeness (QED) is 0.816. The van der Waals surface area contributed by atoms with E-state index in [1.165, 1.54) is 0 Å². The Morgan fingerprint density at radius 1 is 1.47 bits per heavy atom. The van der Waals surface area contributed by atoms with Crippen LogP contribution in [0, 0.1) is 17.2 Å². The lowest BCUT2D eigenvalue weighted by Crippen LogP contribution is -2.53. The molecule has 96 valence electrons. The number of nitrogens with zero attached hydrogens (tertiary/aromatic N) is 1. The van der Waals surface area contributed by atoms with Crippen LogP contribution in [0.15, 0.2) is 0 Å². The zero-order chi connectivity index (χ0) is 13.1. The number of carbonyl (C=O) groups excluding carboxylic acids is 1. The number of alkyl halides is 3. The second kappa shape index (κ2) is 4.94. The molecule has 0 aromatic rings. The molecule has 0 aromatic carbocycles. The van der Waals surface area contributed by atoms with E-state index in [1.54, 1.807) is 0 Å². The maximum absolute atomic E-state index is 12.1. The molecule has 1 N–H and O–H groups in total. The first-order chi connectivity index (χ1) is 7.83. The van der Waals surface area contributed by atoms with Crippen LogP contribution in [0.4, 0.5) is 13.2 Å². The Bertz CT molecular complexity index is 325. The molecule has 17 heavy (non-hydrogen) atoms. The fraction of sp³-hybridized carbons (Fsp3) is 0.818. The molecule has 3 nitrogen and oxygen atoms in total. The van der Waals surface area contributed by atoms with Crippen molar-refractivity contribution in [2.45, 2.75) is 50.7 Å². The first-order valence-corrected chi connectivity index (χ1v) is 5.63. The predicted octanol–water partition coefficient (Wildman–Crippen LogP) is 2.53. The Labute approximate surface area is 98.0 Å². The zero-order valence-electron chi connectivity index (χ0n) is 9.60. The van der Waals surface area contributed by atoms with Crippen molar-refractivity contribution < 1.29 is 18.0 Å². The van der Waals surface area contributed by atoms with Crippen LogP contribution in [0.5, 0.6) is 0 Å². The van der Waals surface area contributed by atoms with Crippen molar-refractivity contribution in [3.05, 3.63) is 0 Å². The fourth-order valence-corrected chi connectivity index (χ4v) is 2.13. The van der Waals surface area contributed by atoms with Crippen molar-refractivity contribution in [3.63, 3.8) is 0 Å². The standard InChI is InChI=1S/C11H15F3N2O/c1-2-8-3-5-10(7-15,6-4-8)16-9(17)11(12,13)14/h8H,2-6H2,1H3,(H,16,17). The van der Waals surface area contributed by atoms with Gasteiger partial charge in [0.1, 0.15) is 5.54 Å². The number of hydrogen-bond donors (Lipinski definition) is 1. The van der Waals surface area contributed by atoms with Crippen molar-refractivity contribution >= 4 is 5.91 Å². The summed E-state index contributed by atoms with van der Waals surface area (Å²) in [5.74, 6) is -1.58. The first-order valence-electron chi connectivity index (χ1n) is 5.63. The fourth-order valence-electron chi connectivity index (χ4n) is 2.13. The van der Waals surface area contributed by atoms with Gasteiger partial charge in [-0.05, 0) is 31.6 Å². The molecular weight excluding hydrogens is 233 g/mol. The van der Waals surface area contributed by atoms with Gasteiger partial charge in [-0.1, -0.05) is 13.3 Å².